The van der Waals surface area contributed by atoms with Gasteiger partial charge in [-0.25, -0.2) is 9.67 Å². The van der Waals surface area contributed by atoms with E-state index in [1.54, 1.807) is 41.3 Å². The molecule has 1 aromatic heterocycles. The van der Waals surface area contributed by atoms with E-state index in [1.807, 2.05) is 49.4 Å². The molecular weight excluding hydrogens is 390 g/mol. The molecule has 2 N–H and O–H groups in total. The van der Waals surface area contributed by atoms with Crippen molar-refractivity contribution in [3.05, 3.63) is 108 Å². The van der Waals surface area contributed by atoms with Crippen LogP contribution in [0.4, 0.5) is 11.4 Å². The van der Waals surface area contributed by atoms with Crippen molar-refractivity contribution in [1.29, 1.82) is 0 Å². The van der Waals surface area contributed by atoms with Gasteiger partial charge in [0.1, 0.15) is 12.7 Å². The van der Waals surface area contributed by atoms with Gasteiger partial charge in [-0.15, -0.1) is 0 Å². The molecule has 0 saturated heterocycles. The van der Waals surface area contributed by atoms with E-state index in [1.165, 1.54) is 6.33 Å². The Kier molecular flexibility index (Phi) is 5.84. The third-order valence-electron chi connectivity index (χ3n) is 4.81. The highest BCUT2D eigenvalue weighted by molar-refractivity contribution is 6.06. The van der Waals surface area contributed by atoms with Gasteiger partial charge in [0.05, 0.1) is 6.54 Å². The van der Waals surface area contributed by atoms with Crippen molar-refractivity contribution < 1.29 is 9.59 Å². The van der Waals surface area contributed by atoms with Gasteiger partial charge in [-0.1, -0.05) is 36.4 Å². The fourth-order valence-corrected chi connectivity index (χ4v) is 3.08. The summed E-state index contributed by atoms with van der Waals surface area (Å²) in [6, 6.07) is 21.7. The molecule has 31 heavy (non-hydrogen) atoms. The zero-order valence-corrected chi connectivity index (χ0v) is 16.9. The molecule has 0 aliphatic heterocycles. The van der Waals surface area contributed by atoms with Gasteiger partial charge in [0.2, 0.25) is 0 Å². The van der Waals surface area contributed by atoms with Crippen molar-refractivity contribution in [3.8, 4) is 0 Å². The Balaban J connectivity index is 1.44. The van der Waals surface area contributed by atoms with Crippen molar-refractivity contribution >= 4 is 23.2 Å². The quantitative estimate of drug-likeness (QED) is 0.499. The molecule has 0 atom stereocenters. The van der Waals surface area contributed by atoms with Crippen molar-refractivity contribution in [3.63, 3.8) is 0 Å². The highest BCUT2D eigenvalue weighted by atomic mass is 16.2. The van der Waals surface area contributed by atoms with Gasteiger partial charge in [0.15, 0.2) is 0 Å². The first-order valence-corrected chi connectivity index (χ1v) is 9.78. The molecule has 0 unspecified atom stereocenters. The standard InChI is InChI=1S/C24H21N5O2/c1-17-7-12-21(27-23(30)19-5-3-2-4-6-19)13-22(17)28-24(31)20-10-8-18(9-11-20)14-29-16-25-15-26-29/h2-13,15-16H,14H2,1H3,(H,27,30)(H,28,31). The summed E-state index contributed by atoms with van der Waals surface area (Å²) in [5.74, 6) is -0.424. The van der Waals surface area contributed by atoms with Crippen LogP contribution < -0.4 is 10.6 Å². The topological polar surface area (TPSA) is 88.9 Å². The molecule has 0 radical (unpaired) electrons. The number of nitrogens with one attached hydrogen (secondary N) is 2. The van der Waals surface area contributed by atoms with Crippen molar-refractivity contribution in [2.75, 3.05) is 10.6 Å². The number of aromatic nitrogens is 3. The Morgan fingerprint density at radius 1 is 0.871 bits per heavy atom. The molecule has 4 aromatic rings. The molecule has 0 aliphatic carbocycles. The van der Waals surface area contributed by atoms with Crippen molar-refractivity contribution in [2.24, 2.45) is 0 Å². The normalized spacial score (nSPS) is 10.5. The number of carbonyl (C=O) groups is 2. The summed E-state index contributed by atoms with van der Waals surface area (Å²) in [5.41, 5.74) is 4.28. The second kappa shape index (κ2) is 9.04. The SMILES string of the molecule is Cc1ccc(NC(=O)c2ccccc2)cc1NC(=O)c1ccc(Cn2cncn2)cc1. The Bertz CT molecular complexity index is 1190. The van der Waals surface area contributed by atoms with Gasteiger partial charge in [-0.2, -0.15) is 5.10 Å². The van der Waals surface area contributed by atoms with E-state index in [9.17, 15) is 9.59 Å². The zero-order chi connectivity index (χ0) is 21.6. The maximum Gasteiger partial charge on any atom is 0.255 e. The van der Waals surface area contributed by atoms with Gasteiger partial charge < -0.3 is 10.6 Å². The number of amides is 2. The van der Waals surface area contributed by atoms with E-state index in [-0.39, 0.29) is 11.8 Å². The Labute approximate surface area is 179 Å². The zero-order valence-electron chi connectivity index (χ0n) is 16.9. The summed E-state index contributed by atoms with van der Waals surface area (Å²) < 4.78 is 1.72. The van der Waals surface area contributed by atoms with Crippen LogP contribution in [0, 0.1) is 6.92 Å². The van der Waals surface area contributed by atoms with E-state index < -0.39 is 0 Å². The lowest BCUT2D eigenvalue weighted by Crippen LogP contribution is -2.15. The number of hydrogen-bond acceptors (Lipinski definition) is 4. The first kappa shape index (κ1) is 20.0. The second-order valence-electron chi connectivity index (χ2n) is 7.09. The monoisotopic (exact) mass is 411 g/mol. The average Bonchev–Trinajstić information content (AvgIpc) is 3.30. The molecule has 154 valence electrons. The number of benzene rings is 3. The number of nitrogens with zero attached hydrogens (tertiary/aromatic N) is 3. The molecular formula is C24H21N5O2. The van der Waals surface area contributed by atoms with Crippen LogP contribution in [0.2, 0.25) is 0 Å². The molecule has 3 aromatic carbocycles. The van der Waals surface area contributed by atoms with E-state index in [2.05, 4.69) is 20.7 Å². The molecule has 0 spiro atoms. The second-order valence-corrected chi connectivity index (χ2v) is 7.09. The number of aryl methyl sites for hydroxylation is 1. The number of rotatable bonds is 6. The fourth-order valence-electron chi connectivity index (χ4n) is 3.08. The van der Waals surface area contributed by atoms with E-state index in [4.69, 9.17) is 0 Å². The predicted octanol–water partition coefficient (Wildman–Crippen LogP) is 4.14. The first-order valence-electron chi connectivity index (χ1n) is 9.78. The molecule has 7 nitrogen and oxygen atoms in total. The maximum atomic E-state index is 12.7. The molecule has 7 heteroatoms. The Morgan fingerprint density at radius 3 is 2.29 bits per heavy atom. The molecule has 0 fully saturated rings. The number of hydrogen-bond donors (Lipinski definition) is 2. The number of anilines is 2. The van der Waals surface area contributed by atoms with Gasteiger partial charge >= 0.3 is 0 Å². The Morgan fingerprint density at radius 2 is 1.58 bits per heavy atom. The van der Waals surface area contributed by atoms with Crippen LogP contribution in [0.5, 0.6) is 0 Å². The van der Waals surface area contributed by atoms with E-state index in [0.717, 1.165) is 11.1 Å². The highest BCUT2D eigenvalue weighted by Gasteiger charge is 2.11. The average molecular weight is 411 g/mol. The lowest BCUT2D eigenvalue weighted by molar-refractivity contribution is 0.101. The fraction of sp³-hybridized carbons (Fsp3) is 0.0833. The minimum Gasteiger partial charge on any atom is -0.322 e. The minimum atomic E-state index is -0.220. The summed E-state index contributed by atoms with van der Waals surface area (Å²) in [5, 5.41) is 9.87. The number of carbonyl (C=O) groups excluding carboxylic acids is 2. The molecule has 0 bridgehead atoms. The van der Waals surface area contributed by atoms with Gasteiger partial charge in [-0.3, -0.25) is 9.59 Å². The minimum absolute atomic E-state index is 0.204. The van der Waals surface area contributed by atoms with Crippen LogP contribution in [0.25, 0.3) is 0 Å². The van der Waals surface area contributed by atoms with E-state index >= 15 is 0 Å². The van der Waals surface area contributed by atoms with Crippen LogP contribution >= 0.6 is 0 Å². The van der Waals surface area contributed by atoms with Crippen LogP contribution in [0.1, 0.15) is 31.8 Å². The Hall–Kier alpha value is -4.26. The summed E-state index contributed by atoms with van der Waals surface area (Å²) >= 11 is 0. The predicted molar refractivity (Wildman–Crippen MR) is 119 cm³/mol. The highest BCUT2D eigenvalue weighted by Crippen LogP contribution is 2.22. The van der Waals surface area contributed by atoms with Crippen molar-refractivity contribution in [1.82, 2.24) is 14.8 Å². The lowest BCUT2D eigenvalue weighted by atomic mass is 10.1. The summed E-state index contributed by atoms with van der Waals surface area (Å²) in [7, 11) is 0. The van der Waals surface area contributed by atoms with Crippen LogP contribution in [-0.2, 0) is 6.54 Å². The molecule has 2 amide bonds. The lowest BCUT2D eigenvalue weighted by Gasteiger charge is -2.12. The molecule has 1 heterocycles. The third kappa shape index (κ3) is 5.02. The van der Waals surface area contributed by atoms with Crippen LogP contribution in [0.3, 0.4) is 0 Å². The molecule has 4 rings (SSSR count). The largest absolute Gasteiger partial charge is 0.322 e. The molecule has 0 saturated carbocycles. The first-order chi connectivity index (χ1) is 15.1. The summed E-state index contributed by atoms with van der Waals surface area (Å²) in [6.07, 6.45) is 3.13. The smallest absolute Gasteiger partial charge is 0.255 e. The van der Waals surface area contributed by atoms with Crippen LogP contribution in [-0.4, -0.2) is 26.6 Å². The van der Waals surface area contributed by atoms with Crippen LogP contribution in [0.15, 0.2) is 85.5 Å². The van der Waals surface area contributed by atoms with E-state index in [0.29, 0.717) is 29.0 Å². The maximum absolute atomic E-state index is 12.7. The third-order valence-corrected chi connectivity index (χ3v) is 4.81. The summed E-state index contributed by atoms with van der Waals surface area (Å²) in [6.45, 7) is 2.49. The van der Waals surface area contributed by atoms with Gasteiger partial charge in [0, 0.05) is 22.5 Å². The summed E-state index contributed by atoms with van der Waals surface area (Å²) in [4.78, 5) is 29.0. The molecule has 0 aliphatic rings. The van der Waals surface area contributed by atoms with Gasteiger partial charge in [-0.05, 0) is 54.4 Å². The van der Waals surface area contributed by atoms with Crippen molar-refractivity contribution in [2.45, 2.75) is 13.5 Å². The van der Waals surface area contributed by atoms with Gasteiger partial charge in [0.25, 0.3) is 11.8 Å².